The van der Waals surface area contributed by atoms with E-state index in [1.165, 1.54) is 0 Å². The Bertz CT molecular complexity index is 517. The molecule has 2 rings (SSSR count). The average Bonchev–Trinajstić information content (AvgIpc) is 2.46. The monoisotopic (exact) mass is 295 g/mol. The van der Waals surface area contributed by atoms with Gasteiger partial charge in [0.1, 0.15) is 5.69 Å². The third-order valence-electron chi connectivity index (χ3n) is 3.59. The van der Waals surface area contributed by atoms with Crippen molar-refractivity contribution in [2.75, 3.05) is 44.1 Å². The summed E-state index contributed by atoms with van der Waals surface area (Å²) in [6.45, 7) is 3.81. The molecule has 8 nitrogen and oxygen atoms in total. The Kier molecular flexibility index (Phi) is 4.89. The van der Waals surface area contributed by atoms with Gasteiger partial charge in [-0.05, 0) is 25.7 Å². The summed E-state index contributed by atoms with van der Waals surface area (Å²) in [5, 5.41) is 14.1. The number of rotatable bonds is 5. The van der Waals surface area contributed by atoms with E-state index in [0.29, 0.717) is 36.5 Å². The lowest BCUT2D eigenvalue weighted by Gasteiger charge is -2.27. The lowest BCUT2D eigenvalue weighted by molar-refractivity contribution is -0.385. The van der Waals surface area contributed by atoms with E-state index in [2.05, 4.69) is 15.3 Å². The van der Waals surface area contributed by atoms with E-state index < -0.39 is 4.92 Å². The molecule has 21 heavy (non-hydrogen) atoms. The van der Waals surface area contributed by atoms with Crippen LogP contribution in [-0.2, 0) is 4.74 Å². The highest BCUT2D eigenvalue weighted by molar-refractivity contribution is 5.62. The molecular weight excluding hydrogens is 274 g/mol. The molecule has 1 unspecified atom stereocenters. The Morgan fingerprint density at radius 3 is 2.86 bits per heavy atom. The minimum absolute atomic E-state index is 0.0340. The van der Waals surface area contributed by atoms with Gasteiger partial charge < -0.3 is 15.0 Å². The number of nitro groups is 1. The molecule has 2 heterocycles. The summed E-state index contributed by atoms with van der Waals surface area (Å²) >= 11 is 0. The quantitative estimate of drug-likeness (QED) is 0.651. The average molecular weight is 295 g/mol. The van der Waals surface area contributed by atoms with Gasteiger partial charge in [-0.1, -0.05) is 0 Å². The highest BCUT2D eigenvalue weighted by atomic mass is 16.6. The molecule has 0 saturated carbocycles. The Morgan fingerprint density at radius 1 is 1.52 bits per heavy atom. The normalized spacial score (nSPS) is 18.3. The maximum Gasteiger partial charge on any atom is 0.332 e. The van der Waals surface area contributed by atoms with Gasteiger partial charge in [-0.3, -0.25) is 10.1 Å². The first-order valence-corrected chi connectivity index (χ1v) is 7.02. The first-order chi connectivity index (χ1) is 10.0. The van der Waals surface area contributed by atoms with E-state index in [1.807, 2.05) is 11.9 Å². The molecule has 1 aromatic heterocycles. The molecule has 8 heteroatoms. The second kappa shape index (κ2) is 6.66. The Balaban J connectivity index is 2.26. The molecule has 0 bridgehead atoms. The Morgan fingerprint density at radius 2 is 2.29 bits per heavy atom. The number of aromatic nitrogens is 2. The van der Waals surface area contributed by atoms with Gasteiger partial charge in [-0.15, -0.1) is 0 Å². The minimum Gasteiger partial charge on any atom is -0.381 e. The van der Waals surface area contributed by atoms with Crippen LogP contribution in [0.25, 0.3) is 0 Å². The zero-order chi connectivity index (χ0) is 15.4. The van der Waals surface area contributed by atoms with Crippen molar-refractivity contribution in [3.8, 4) is 0 Å². The van der Waals surface area contributed by atoms with Crippen molar-refractivity contribution < 1.29 is 9.66 Å². The SMILES string of the molecule is CNc1nc(C)c([N+](=O)[O-])c(N(C)CC2CCCOC2)n1. The molecule has 0 aliphatic carbocycles. The Labute approximate surface area is 123 Å². The first kappa shape index (κ1) is 15.4. The number of aryl methyl sites for hydroxylation is 1. The summed E-state index contributed by atoms with van der Waals surface area (Å²) in [6.07, 6.45) is 2.10. The minimum atomic E-state index is -0.419. The highest BCUT2D eigenvalue weighted by Crippen LogP contribution is 2.30. The predicted molar refractivity (Wildman–Crippen MR) is 79.8 cm³/mol. The van der Waals surface area contributed by atoms with E-state index in [0.717, 1.165) is 19.4 Å². The number of hydrogen-bond donors (Lipinski definition) is 1. The number of nitrogens with one attached hydrogen (secondary N) is 1. The van der Waals surface area contributed by atoms with E-state index in [4.69, 9.17) is 4.74 Å². The van der Waals surface area contributed by atoms with Gasteiger partial charge in [0.05, 0.1) is 11.5 Å². The molecule has 1 atom stereocenters. The lowest BCUT2D eigenvalue weighted by Crippen LogP contribution is -2.32. The van der Waals surface area contributed by atoms with Crippen molar-refractivity contribution in [3.05, 3.63) is 15.8 Å². The van der Waals surface area contributed by atoms with Gasteiger partial charge in [0, 0.05) is 27.2 Å². The number of hydrogen-bond acceptors (Lipinski definition) is 7. The predicted octanol–water partition coefficient (Wildman–Crippen LogP) is 1.60. The second-order valence-corrected chi connectivity index (χ2v) is 5.28. The highest BCUT2D eigenvalue weighted by Gasteiger charge is 2.26. The summed E-state index contributed by atoms with van der Waals surface area (Å²) in [4.78, 5) is 21.0. The van der Waals surface area contributed by atoms with Gasteiger partial charge >= 0.3 is 5.69 Å². The zero-order valence-corrected chi connectivity index (χ0v) is 12.6. The number of anilines is 2. The fourth-order valence-electron chi connectivity index (χ4n) is 2.57. The maximum atomic E-state index is 11.3. The van der Waals surface area contributed by atoms with Crippen LogP contribution in [0.15, 0.2) is 0 Å². The van der Waals surface area contributed by atoms with Crippen LogP contribution in [-0.4, -0.2) is 48.7 Å². The molecule has 1 saturated heterocycles. The maximum absolute atomic E-state index is 11.3. The van der Waals surface area contributed by atoms with Crippen molar-refractivity contribution in [3.63, 3.8) is 0 Å². The lowest BCUT2D eigenvalue weighted by atomic mass is 10.0. The van der Waals surface area contributed by atoms with Gasteiger partial charge in [0.25, 0.3) is 0 Å². The second-order valence-electron chi connectivity index (χ2n) is 5.28. The van der Waals surface area contributed by atoms with Crippen LogP contribution in [0.4, 0.5) is 17.5 Å². The molecule has 1 aromatic rings. The van der Waals surface area contributed by atoms with Crippen molar-refractivity contribution >= 4 is 17.5 Å². The van der Waals surface area contributed by atoms with E-state index in [1.54, 1.807) is 14.0 Å². The van der Waals surface area contributed by atoms with E-state index in [-0.39, 0.29) is 5.69 Å². The molecule has 1 aliphatic rings. The van der Waals surface area contributed by atoms with Gasteiger partial charge in [-0.2, -0.15) is 4.98 Å². The van der Waals surface area contributed by atoms with Crippen LogP contribution in [0, 0.1) is 23.0 Å². The third kappa shape index (κ3) is 3.57. The molecular formula is C13H21N5O3. The van der Waals surface area contributed by atoms with Gasteiger partial charge in [-0.25, -0.2) is 4.98 Å². The van der Waals surface area contributed by atoms with Crippen LogP contribution in [0.5, 0.6) is 0 Å². The fraction of sp³-hybridized carbons (Fsp3) is 0.692. The molecule has 116 valence electrons. The van der Waals surface area contributed by atoms with Crippen LogP contribution >= 0.6 is 0 Å². The Hall–Kier alpha value is -1.96. The summed E-state index contributed by atoms with van der Waals surface area (Å²) in [5.41, 5.74) is 0.328. The summed E-state index contributed by atoms with van der Waals surface area (Å²) < 4.78 is 5.46. The largest absolute Gasteiger partial charge is 0.381 e. The molecule has 1 aliphatic heterocycles. The smallest absolute Gasteiger partial charge is 0.332 e. The molecule has 1 N–H and O–H groups in total. The molecule has 0 aromatic carbocycles. The fourth-order valence-corrected chi connectivity index (χ4v) is 2.57. The third-order valence-corrected chi connectivity index (χ3v) is 3.59. The molecule has 0 amide bonds. The summed E-state index contributed by atoms with van der Waals surface area (Å²) in [6, 6.07) is 0. The number of ether oxygens (including phenoxy) is 1. The van der Waals surface area contributed by atoms with Crippen molar-refractivity contribution in [2.45, 2.75) is 19.8 Å². The van der Waals surface area contributed by atoms with E-state index >= 15 is 0 Å². The first-order valence-electron chi connectivity index (χ1n) is 7.02. The summed E-state index contributed by atoms with van der Waals surface area (Å²) in [7, 11) is 3.52. The van der Waals surface area contributed by atoms with Crippen molar-refractivity contribution in [1.82, 2.24) is 9.97 Å². The van der Waals surface area contributed by atoms with Crippen molar-refractivity contribution in [1.29, 1.82) is 0 Å². The van der Waals surface area contributed by atoms with Crippen LogP contribution in [0.3, 0.4) is 0 Å². The van der Waals surface area contributed by atoms with Crippen LogP contribution in [0.1, 0.15) is 18.5 Å². The molecule has 0 radical (unpaired) electrons. The van der Waals surface area contributed by atoms with Crippen molar-refractivity contribution in [2.24, 2.45) is 5.92 Å². The van der Waals surface area contributed by atoms with Crippen LogP contribution in [0.2, 0.25) is 0 Å². The zero-order valence-electron chi connectivity index (χ0n) is 12.6. The molecule has 0 spiro atoms. The van der Waals surface area contributed by atoms with Crippen LogP contribution < -0.4 is 10.2 Å². The van der Waals surface area contributed by atoms with E-state index in [9.17, 15) is 10.1 Å². The topological polar surface area (TPSA) is 93.4 Å². The van der Waals surface area contributed by atoms with Gasteiger partial charge in [0.2, 0.25) is 11.8 Å². The standard InChI is InChI=1S/C13H21N5O3/c1-9-11(18(19)20)12(16-13(14-2)15-9)17(3)7-10-5-4-6-21-8-10/h10H,4-8H2,1-3H3,(H,14,15,16). The summed E-state index contributed by atoms with van der Waals surface area (Å²) in [5.74, 6) is 1.11. The van der Waals surface area contributed by atoms with Gasteiger partial charge in [0.15, 0.2) is 0 Å². The number of nitrogens with zero attached hydrogens (tertiary/aromatic N) is 4. The molecule has 1 fully saturated rings.